The lowest BCUT2D eigenvalue weighted by Gasteiger charge is -2.55. The molecule has 2 heterocycles. The minimum absolute atomic E-state index is 0.0529. The Labute approximate surface area is 259 Å². The van der Waals surface area contributed by atoms with E-state index in [1.165, 1.54) is 12.1 Å². The van der Waals surface area contributed by atoms with Crippen LogP contribution in [0.5, 0.6) is 0 Å². The van der Waals surface area contributed by atoms with Crippen LogP contribution < -0.4 is 16.0 Å². The number of aryl methyl sites for hydroxylation is 1. The third-order valence-electron chi connectivity index (χ3n) is 8.89. The summed E-state index contributed by atoms with van der Waals surface area (Å²) in [5.41, 5.74) is 0.127. The van der Waals surface area contributed by atoms with Crippen LogP contribution in [-0.2, 0) is 21.5 Å². The maximum Gasteiger partial charge on any atom is 0.251 e. The van der Waals surface area contributed by atoms with Crippen LogP contribution in [0.15, 0.2) is 54.8 Å². The van der Waals surface area contributed by atoms with Gasteiger partial charge in [0.05, 0.1) is 23.1 Å². The second-order valence-electron chi connectivity index (χ2n) is 13.1. The van der Waals surface area contributed by atoms with Crippen molar-refractivity contribution in [3.05, 3.63) is 83.2 Å². The molecule has 2 aliphatic rings. The number of hydrogen-bond acceptors (Lipinski definition) is 6. The van der Waals surface area contributed by atoms with E-state index < -0.39 is 34.2 Å². The zero-order valence-electron chi connectivity index (χ0n) is 26.4. The number of amides is 2. The van der Waals surface area contributed by atoms with Crippen LogP contribution in [0.4, 0.5) is 8.78 Å². The Morgan fingerprint density at radius 3 is 2.48 bits per heavy atom. The molecule has 0 spiro atoms. The molecule has 238 valence electrons. The maximum atomic E-state index is 14.5. The van der Waals surface area contributed by atoms with Crippen molar-refractivity contribution in [3.63, 3.8) is 0 Å². The van der Waals surface area contributed by atoms with E-state index in [0.717, 1.165) is 42.7 Å². The zero-order valence-corrected chi connectivity index (χ0v) is 26.4. The van der Waals surface area contributed by atoms with Crippen molar-refractivity contribution in [2.24, 2.45) is 0 Å². The number of aromatic nitrogens is 1. The van der Waals surface area contributed by atoms with Crippen LogP contribution in [0.2, 0.25) is 0 Å². The number of nitrogens with zero attached hydrogens (tertiary/aromatic N) is 2. The minimum atomic E-state index is -0.845. The number of halogens is 2. The molecule has 4 N–H and O–H groups in total. The van der Waals surface area contributed by atoms with Gasteiger partial charge in [0.2, 0.25) is 5.91 Å². The maximum absolute atomic E-state index is 14.5. The molecule has 1 aromatic heterocycles. The van der Waals surface area contributed by atoms with Gasteiger partial charge >= 0.3 is 0 Å². The molecule has 0 radical (unpaired) electrons. The van der Waals surface area contributed by atoms with Crippen LogP contribution >= 0.6 is 0 Å². The molecule has 1 aliphatic carbocycles. The number of nitrogens with one attached hydrogen (secondary N) is 3. The van der Waals surface area contributed by atoms with Gasteiger partial charge in [-0.25, -0.2) is 8.78 Å². The topological polar surface area (TPSA) is 107 Å². The summed E-state index contributed by atoms with van der Waals surface area (Å²) in [6.07, 6.45) is 7.05. The molecule has 1 aromatic carbocycles. The lowest BCUT2D eigenvalue weighted by molar-refractivity contribution is -0.131. The highest BCUT2D eigenvalue weighted by Crippen LogP contribution is 2.36. The number of aliphatic hydroxyl groups is 1. The highest BCUT2D eigenvalue weighted by atomic mass is 19.1. The predicted molar refractivity (Wildman–Crippen MR) is 167 cm³/mol. The molecule has 1 saturated heterocycles. The summed E-state index contributed by atoms with van der Waals surface area (Å²) in [5, 5.41) is 19.5. The number of carbonyl (C=O) groups excluding carboxylic acids is 2. The number of likely N-dealkylation sites (tertiary alicyclic amines) is 1. The Morgan fingerprint density at radius 1 is 1.18 bits per heavy atom. The summed E-state index contributed by atoms with van der Waals surface area (Å²) >= 11 is 0. The second-order valence-corrected chi connectivity index (χ2v) is 13.1. The summed E-state index contributed by atoms with van der Waals surface area (Å²) < 4.78 is 27.9. The van der Waals surface area contributed by atoms with E-state index in [4.69, 9.17) is 0 Å². The van der Waals surface area contributed by atoms with E-state index in [2.05, 4.69) is 32.4 Å². The van der Waals surface area contributed by atoms with Crippen LogP contribution in [0.1, 0.15) is 76.6 Å². The molecule has 0 bridgehead atoms. The number of carbonyl (C=O) groups is 2. The molecule has 2 aromatic rings. The molecule has 0 atom stereocenters. The van der Waals surface area contributed by atoms with Gasteiger partial charge in [-0.3, -0.25) is 19.5 Å². The number of rotatable bonds is 11. The smallest absolute Gasteiger partial charge is 0.251 e. The molecule has 2 fully saturated rings. The average Bonchev–Trinajstić information content (AvgIpc) is 2.94. The highest BCUT2D eigenvalue weighted by Gasteiger charge is 2.49. The standard InChI is InChI=1S/C34H45F2N5O3/c1-7-25-17-23(12-15-38-25)32(3,4)39-30(42)19-34(20-41(21-34)26-10-13-33(5,44)14-11-26)40-31(43)22(2)16-29(37-6)27-9-8-24(35)18-28(27)36/h8-9,12,15-18,26,37,44H,2,7,10-11,13-14,19-21H2,1,3-6H3,(H,39,42)(H,40,43)/b29-16-. The predicted octanol–water partition coefficient (Wildman–Crippen LogP) is 4.34. The second kappa shape index (κ2) is 13.2. The summed E-state index contributed by atoms with van der Waals surface area (Å²) in [6, 6.07) is 7.35. The van der Waals surface area contributed by atoms with Crippen LogP contribution in [0, 0.1) is 11.6 Å². The van der Waals surface area contributed by atoms with Gasteiger partial charge in [-0.15, -0.1) is 0 Å². The summed E-state index contributed by atoms with van der Waals surface area (Å²) in [7, 11) is 1.57. The lowest BCUT2D eigenvalue weighted by Crippen LogP contribution is -2.73. The molecular formula is C34H45F2N5O3. The van der Waals surface area contributed by atoms with Gasteiger partial charge in [-0.2, -0.15) is 0 Å². The van der Waals surface area contributed by atoms with Gasteiger partial charge in [0.25, 0.3) is 5.91 Å². The Hall–Kier alpha value is -3.63. The van der Waals surface area contributed by atoms with Gasteiger partial charge < -0.3 is 21.1 Å². The van der Waals surface area contributed by atoms with Crippen molar-refractivity contribution in [2.75, 3.05) is 20.1 Å². The lowest BCUT2D eigenvalue weighted by atomic mass is 9.78. The fourth-order valence-corrected chi connectivity index (χ4v) is 6.20. The van der Waals surface area contributed by atoms with Gasteiger partial charge in [0.1, 0.15) is 11.6 Å². The minimum Gasteiger partial charge on any atom is -0.390 e. The average molecular weight is 610 g/mol. The quantitative estimate of drug-likeness (QED) is 0.223. The number of pyridine rings is 1. The fourth-order valence-electron chi connectivity index (χ4n) is 6.20. The Kier molecular flexibility index (Phi) is 9.95. The third-order valence-corrected chi connectivity index (χ3v) is 8.89. The van der Waals surface area contributed by atoms with Gasteiger partial charge in [-0.05, 0) is 88.8 Å². The van der Waals surface area contributed by atoms with Crippen molar-refractivity contribution in [2.45, 2.75) is 88.9 Å². The van der Waals surface area contributed by atoms with E-state index >= 15 is 0 Å². The van der Waals surface area contributed by atoms with Gasteiger partial charge in [0, 0.05) is 61.0 Å². The largest absolute Gasteiger partial charge is 0.390 e. The Bertz CT molecular complexity index is 1420. The van der Waals surface area contributed by atoms with Crippen molar-refractivity contribution in [1.82, 2.24) is 25.8 Å². The summed E-state index contributed by atoms with van der Waals surface area (Å²) in [4.78, 5) is 33.6. The first-order valence-electron chi connectivity index (χ1n) is 15.2. The first-order chi connectivity index (χ1) is 20.7. The first kappa shape index (κ1) is 33.3. The zero-order chi connectivity index (χ0) is 32.3. The van der Waals surface area contributed by atoms with Crippen molar-refractivity contribution in [1.29, 1.82) is 0 Å². The van der Waals surface area contributed by atoms with E-state index in [1.54, 1.807) is 13.2 Å². The molecule has 4 rings (SSSR count). The highest BCUT2D eigenvalue weighted by molar-refractivity contribution is 5.98. The first-order valence-corrected chi connectivity index (χ1v) is 15.2. The normalized spacial score (nSPS) is 22.1. The Balaban J connectivity index is 1.51. The van der Waals surface area contributed by atoms with Crippen molar-refractivity contribution >= 4 is 17.5 Å². The molecule has 1 aliphatic heterocycles. The van der Waals surface area contributed by atoms with Crippen LogP contribution in [0.25, 0.3) is 5.70 Å². The molecule has 1 saturated carbocycles. The van der Waals surface area contributed by atoms with Crippen LogP contribution in [0.3, 0.4) is 0 Å². The molecule has 0 unspecified atom stereocenters. The van der Waals surface area contributed by atoms with Crippen LogP contribution in [-0.4, -0.2) is 64.1 Å². The fraction of sp³-hybridized carbons (Fsp3) is 0.500. The summed E-state index contributed by atoms with van der Waals surface area (Å²) in [6.45, 7) is 12.6. The molecule has 8 nitrogen and oxygen atoms in total. The van der Waals surface area contributed by atoms with E-state index in [9.17, 15) is 23.5 Å². The van der Waals surface area contributed by atoms with Crippen molar-refractivity contribution < 1.29 is 23.5 Å². The molecule has 10 heteroatoms. The van der Waals surface area contributed by atoms with E-state index in [1.807, 2.05) is 39.8 Å². The van der Waals surface area contributed by atoms with Gasteiger partial charge in [-0.1, -0.05) is 13.5 Å². The molecule has 44 heavy (non-hydrogen) atoms. The third kappa shape index (κ3) is 7.90. The number of hydrogen-bond donors (Lipinski definition) is 4. The van der Waals surface area contributed by atoms with Crippen molar-refractivity contribution in [3.8, 4) is 0 Å². The summed E-state index contributed by atoms with van der Waals surface area (Å²) in [5.74, 6) is -2.16. The Morgan fingerprint density at radius 2 is 1.86 bits per heavy atom. The SMILES string of the molecule is C=C(/C=C(\NC)c1ccc(F)cc1F)C(=O)NC1(CC(=O)NC(C)(C)c2ccnc(CC)c2)CN(C2CCC(C)(O)CC2)C1. The monoisotopic (exact) mass is 609 g/mol. The van der Waals surface area contributed by atoms with Gasteiger partial charge in [0.15, 0.2) is 0 Å². The van der Waals surface area contributed by atoms with E-state index in [0.29, 0.717) is 25.9 Å². The molecule has 2 amide bonds. The van der Waals surface area contributed by atoms with E-state index in [-0.39, 0.29) is 35.2 Å². The molecular weight excluding hydrogens is 564 g/mol. The number of benzene rings is 1.